The monoisotopic (exact) mass is 361 g/mol. The van der Waals surface area contributed by atoms with Gasteiger partial charge in [-0.1, -0.05) is 18.2 Å². The quantitative estimate of drug-likeness (QED) is 0.706. The van der Waals surface area contributed by atoms with Gasteiger partial charge in [0, 0.05) is 30.8 Å². The zero-order valence-electron chi connectivity index (χ0n) is 13.0. The number of anilines is 1. The van der Waals surface area contributed by atoms with Crippen LogP contribution in [-0.4, -0.2) is 36.2 Å². The number of nitrogens with zero attached hydrogens (tertiary/aromatic N) is 1. The van der Waals surface area contributed by atoms with Crippen LogP contribution in [0.1, 0.15) is 31.9 Å². The van der Waals surface area contributed by atoms with Gasteiger partial charge in [0.15, 0.2) is 0 Å². The highest BCUT2D eigenvalue weighted by Crippen LogP contribution is 2.50. The van der Waals surface area contributed by atoms with Gasteiger partial charge in [0.25, 0.3) is 0 Å². The van der Waals surface area contributed by atoms with Crippen molar-refractivity contribution in [3.63, 3.8) is 0 Å². The molecule has 0 radical (unpaired) electrons. The first-order chi connectivity index (χ1) is 10.9. The van der Waals surface area contributed by atoms with Crippen molar-refractivity contribution in [3.05, 3.63) is 29.8 Å². The Hall–Kier alpha value is -1.51. The lowest BCUT2D eigenvalue weighted by molar-refractivity contribution is -0.358. The SMILES string of the molecule is CCN(CC)c1ccccc1C(O)CC(F)(F)C(F)(F)C(F)(F)F. The average molecular weight is 361 g/mol. The molecule has 0 fully saturated rings. The molecule has 24 heavy (non-hydrogen) atoms. The Kier molecular flexibility index (Phi) is 6.13. The van der Waals surface area contributed by atoms with Crippen LogP contribution < -0.4 is 4.90 Å². The molecule has 0 amide bonds. The average Bonchev–Trinajstić information content (AvgIpc) is 2.47. The van der Waals surface area contributed by atoms with Crippen molar-refractivity contribution in [2.24, 2.45) is 0 Å². The number of aliphatic hydroxyl groups is 1. The molecule has 0 bridgehead atoms. The normalized spacial score (nSPS) is 14.6. The van der Waals surface area contributed by atoms with Crippen molar-refractivity contribution in [2.45, 2.75) is 44.4 Å². The predicted molar refractivity (Wildman–Crippen MR) is 75.5 cm³/mol. The maximum absolute atomic E-state index is 13.5. The molecule has 2 nitrogen and oxygen atoms in total. The summed E-state index contributed by atoms with van der Waals surface area (Å²) in [4.78, 5) is 1.67. The summed E-state index contributed by atoms with van der Waals surface area (Å²) >= 11 is 0. The number of rotatable bonds is 7. The van der Waals surface area contributed by atoms with Gasteiger partial charge in [0.1, 0.15) is 0 Å². The minimum atomic E-state index is -6.41. The third-order valence-electron chi connectivity index (χ3n) is 3.66. The number of alkyl halides is 7. The van der Waals surface area contributed by atoms with Crippen LogP contribution in [0.25, 0.3) is 0 Å². The van der Waals surface area contributed by atoms with Crippen molar-refractivity contribution in [2.75, 3.05) is 18.0 Å². The first kappa shape index (κ1) is 20.5. The summed E-state index contributed by atoms with van der Waals surface area (Å²) in [5.41, 5.74) is 0.181. The van der Waals surface area contributed by atoms with E-state index in [1.807, 2.05) is 0 Å². The third-order valence-corrected chi connectivity index (χ3v) is 3.66. The fourth-order valence-electron chi connectivity index (χ4n) is 2.31. The summed E-state index contributed by atoms with van der Waals surface area (Å²) in [5, 5.41) is 9.90. The van der Waals surface area contributed by atoms with Gasteiger partial charge in [-0.25, -0.2) is 0 Å². The molecule has 1 atom stereocenters. The highest BCUT2D eigenvalue weighted by molar-refractivity contribution is 5.54. The second-order valence-electron chi connectivity index (χ2n) is 5.23. The van der Waals surface area contributed by atoms with Gasteiger partial charge in [0.05, 0.1) is 6.10 Å². The Labute approximate surface area is 134 Å². The van der Waals surface area contributed by atoms with E-state index in [1.165, 1.54) is 18.2 Å². The molecule has 1 rings (SSSR count). The summed E-state index contributed by atoms with van der Waals surface area (Å²) in [5.74, 6) is -11.7. The number of aliphatic hydroxyl groups excluding tert-OH is 1. The Morgan fingerprint density at radius 2 is 1.46 bits per heavy atom. The van der Waals surface area contributed by atoms with Crippen molar-refractivity contribution in [1.82, 2.24) is 0 Å². The zero-order valence-corrected chi connectivity index (χ0v) is 13.0. The highest BCUT2D eigenvalue weighted by atomic mass is 19.4. The van der Waals surface area contributed by atoms with E-state index in [2.05, 4.69) is 0 Å². The Bertz CT molecular complexity index is 541. The minimum absolute atomic E-state index is 0.126. The Morgan fingerprint density at radius 3 is 1.92 bits per heavy atom. The number of benzene rings is 1. The van der Waals surface area contributed by atoms with Crippen molar-refractivity contribution in [1.29, 1.82) is 0 Å². The first-order valence-electron chi connectivity index (χ1n) is 7.23. The molecule has 1 unspecified atom stereocenters. The summed E-state index contributed by atoms with van der Waals surface area (Å²) in [7, 11) is 0. The van der Waals surface area contributed by atoms with E-state index in [1.54, 1.807) is 24.8 Å². The van der Waals surface area contributed by atoms with Gasteiger partial charge in [0.2, 0.25) is 0 Å². The molecule has 0 saturated heterocycles. The smallest absolute Gasteiger partial charge is 0.388 e. The molecular formula is C15H18F7NO. The number of halogens is 7. The summed E-state index contributed by atoms with van der Waals surface area (Å²) in [6.45, 7) is 4.38. The lowest BCUT2D eigenvalue weighted by Gasteiger charge is -2.31. The summed E-state index contributed by atoms with van der Waals surface area (Å²) in [6.07, 6.45) is -10.6. The van der Waals surface area contributed by atoms with E-state index >= 15 is 0 Å². The van der Waals surface area contributed by atoms with Crippen LogP contribution in [0.4, 0.5) is 36.4 Å². The van der Waals surface area contributed by atoms with E-state index in [0.29, 0.717) is 18.8 Å². The maximum Gasteiger partial charge on any atom is 0.459 e. The van der Waals surface area contributed by atoms with Crippen LogP contribution in [-0.2, 0) is 0 Å². The van der Waals surface area contributed by atoms with Crippen molar-refractivity contribution in [3.8, 4) is 0 Å². The second-order valence-corrected chi connectivity index (χ2v) is 5.23. The van der Waals surface area contributed by atoms with Crippen LogP contribution in [0.2, 0.25) is 0 Å². The van der Waals surface area contributed by atoms with Crippen LogP contribution in [0.5, 0.6) is 0 Å². The maximum atomic E-state index is 13.5. The van der Waals surface area contributed by atoms with Gasteiger partial charge in [-0.2, -0.15) is 30.7 Å². The van der Waals surface area contributed by atoms with E-state index in [-0.39, 0.29) is 5.56 Å². The van der Waals surface area contributed by atoms with Crippen LogP contribution in [0.3, 0.4) is 0 Å². The zero-order chi connectivity index (χ0) is 18.8. The summed E-state index contributed by atoms with van der Waals surface area (Å²) in [6, 6.07) is 5.63. The van der Waals surface area contributed by atoms with Crippen molar-refractivity contribution < 1.29 is 35.8 Å². The molecule has 1 N–H and O–H groups in total. The molecule has 9 heteroatoms. The molecular weight excluding hydrogens is 343 g/mol. The van der Waals surface area contributed by atoms with Crippen LogP contribution in [0.15, 0.2) is 24.3 Å². The third kappa shape index (κ3) is 3.93. The van der Waals surface area contributed by atoms with E-state index in [4.69, 9.17) is 0 Å². The molecule has 0 aliphatic rings. The van der Waals surface area contributed by atoms with E-state index < -0.39 is 30.5 Å². The molecule has 0 aliphatic carbocycles. The molecule has 1 aromatic carbocycles. The molecule has 0 aromatic heterocycles. The van der Waals surface area contributed by atoms with Crippen LogP contribution >= 0.6 is 0 Å². The van der Waals surface area contributed by atoms with Gasteiger partial charge in [-0.15, -0.1) is 0 Å². The standard InChI is InChI=1S/C15H18F7NO/c1-3-23(4-2)11-8-6-5-7-10(11)12(24)9-13(16,17)14(18,19)15(20,21)22/h5-8,12,24H,3-4,9H2,1-2H3. The number of para-hydroxylation sites is 1. The van der Waals surface area contributed by atoms with Gasteiger partial charge < -0.3 is 10.0 Å². The molecule has 0 saturated carbocycles. The molecule has 138 valence electrons. The number of hydrogen-bond acceptors (Lipinski definition) is 2. The van der Waals surface area contributed by atoms with E-state index in [9.17, 15) is 35.8 Å². The second kappa shape index (κ2) is 7.16. The predicted octanol–water partition coefficient (Wildman–Crippen LogP) is 4.79. The summed E-state index contributed by atoms with van der Waals surface area (Å²) < 4.78 is 89.5. The van der Waals surface area contributed by atoms with Crippen molar-refractivity contribution >= 4 is 5.69 Å². The first-order valence-corrected chi connectivity index (χ1v) is 7.23. The molecule has 0 spiro atoms. The largest absolute Gasteiger partial charge is 0.459 e. The van der Waals surface area contributed by atoms with Gasteiger partial charge in [-0.05, 0) is 19.9 Å². The van der Waals surface area contributed by atoms with Gasteiger partial charge in [-0.3, -0.25) is 0 Å². The van der Waals surface area contributed by atoms with E-state index in [0.717, 1.165) is 0 Å². The lowest BCUT2D eigenvalue weighted by atomic mass is 9.97. The topological polar surface area (TPSA) is 23.5 Å². The lowest BCUT2D eigenvalue weighted by Crippen LogP contribution is -2.52. The van der Waals surface area contributed by atoms with Crippen LogP contribution in [0, 0.1) is 0 Å². The molecule has 1 aromatic rings. The number of hydrogen-bond donors (Lipinski definition) is 1. The van der Waals surface area contributed by atoms with Gasteiger partial charge >= 0.3 is 18.0 Å². The highest BCUT2D eigenvalue weighted by Gasteiger charge is 2.72. The molecule has 0 heterocycles. The minimum Gasteiger partial charge on any atom is -0.388 e. The fraction of sp³-hybridized carbons (Fsp3) is 0.600. The fourth-order valence-corrected chi connectivity index (χ4v) is 2.31. The molecule has 0 aliphatic heterocycles. The Balaban J connectivity index is 3.14. The Morgan fingerprint density at radius 1 is 0.958 bits per heavy atom.